The van der Waals surface area contributed by atoms with E-state index in [0.29, 0.717) is 5.02 Å². The first-order valence-electron chi connectivity index (χ1n) is 2.48. The van der Waals surface area contributed by atoms with Gasteiger partial charge in [-0.1, -0.05) is 23.2 Å². The van der Waals surface area contributed by atoms with E-state index < -0.39 is 0 Å². The van der Waals surface area contributed by atoms with Crippen LogP contribution in [0.5, 0.6) is 0 Å². The molecule has 0 saturated heterocycles. The molecule has 4 N–H and O–H groups in total. The van der Waals surface area contributed by atoms with Crippen LogP contribution in [-0.2, 0) is 0 Å². The van der Waals surface area contributed by atoms with E-state index in [1.807, 2.05) is 0 Å². The number of nitrogens with zero attached hydrogens (tertiary/aromatic N) is 1. The van der Waals surface area contributed by atoms with Crippen molar-refractivity contribution in [2.45, 2.75) is 0 Å². The van der Waals surface area contributed by atoms with Crippen molar-refractivity contribution in [1.82, 2.24) is 4.98 Å². The second-order valence-corrected chi connectivity index (χ2v) is 2.50. The maximum atomic E-state index is 5.59. The number of rotatable bonds is 0. The van der Waals surface area contributed by atoms with E-state index >= 15 is 0 Å². The van der Waals surface area contributed by atoms with Gasteiger partial charge in [-0.3, -0.25) is 0 Å². The standard InChI is InChI=1S/C5H5Cl2N3/c6-2-1-10-5(9)3(7)4(2)8/h1H,(H4,8,9,10). The highest BCUT2D eigenvalue weighted by Gasteiger charge is 2.04. The van der Waals surface area contributed by atoms with Crippen LogP contribution in [0.4, 0.5) is 11.5 Å². The smallest absolute Gasteiger partial charge is 0.144 e. The molecule has 5 heteroatoms. The summed E-state index contributed by atoms with van der Waals surface area (Å²) in [4.78, 5) is 3.67. The Hall–Kier alpha value is -0.670. The summed E-state index contributed by atoms with van der Waals surface area (Å²) in [5.41, 5.74) is 11.0. The van der Waals surface area contributed by atoms with Crippen molar-refractivity contribution >= 4 is 34.7 Å². The fraction of sp³-hybridized carbons (Fsp3) is 0. The lowest BCUT2D eigenvalue weighted by atomic mass is 10.4. The van der Waals surface area contributed by atoms with E-state index in [4.69, 9.17) is 34.7 Å². The van der Waals surface area contributed by atoms with Gasteiger partial charge in [-0.2, -0.15) is 0 Å². The summed E-state index contributed by atoms with van der Waals surface area (Å²) in [5.74, 6) is 0.198. The SMILES string of the molecule is Nc1ncc(Cl)c(N)c1Cl. The Kier molecular flexibility index (Phi) is 1.87. The number of hydrogen-bond donors (Lipinski definition) is 2. The molecule has 0 fully saturated rings. The molecule has 0 radical (unpaired) electrons. The number of anilines is 2. The average molecular weight is 178 g/mol. The third-order valence-corrected chi connectivity index (χ3v) is 1.73. The highest BCUT2D eigenvalue weighted by Crippen LogP contribution is 2.29. The van der Waals surface area contributed by atoms with Crippen LogP contribution in [0.3, 0.4) is 0 Å². The van der Waals surface area contributed by atoms with Crippen molar-refractivity contribution in [2.75, 3.05) is 11.5 Å². The van der Waals surface area contributed by atoms with Crippen LogP contribution in [0.2, 0.25) is 10.0 Å². The van der Waals surface area contributed by atoms with E-state index in [-0.39, 0.29) is 16.5 Å². The first-order valence-corrected chi connectivity index (χ1v) is 3.23. The van der Waals surface area contributed by atoms with Crippen LogP contribution >= 0.6 is 23.2 Å². The van der Waals surface area contributed by atoms with E-state index in [1.54, 1.807) is 0 Å². The second-order valence-electron chi connectivity index (χ2n) is 1.72. The lowest BCUT2D eigenvalue weighted by Crippen LogP contribution is -1.96. The fourth-order valence-corrected chi connectivity index (χ4v) is 0.837. The molecule has 0 aliphatic carbocycles. The molecule has 10 heavy (non-hydrogen) atoms. The highest BCUT2D eigenvalue weighted by atomic mass is 35.5. The van der Waals surface area contributed by atoms with E-state index in [9.17, 15) is 0 Å². The molecule has 1 rings (SSSR count). The van der Waals surface area contributed by atoms with Gasteiger partial charge >= 0.3 is 0 Å². The van der Waals surface area contributed by atoms with Crippen molar-refractivity contribution in [2.24, 2.45) is 0 Å². The third-order valence-electron chi connectivity index (χ3n) is 1.04. The lowest BCUT2D eigenvalue weighted by Gasteiger charge is -2.01. The fourth-order valence-electron chi connectivity index (χ4n) is 0.495. The van der Waals surface area contributed by atoms with Crippen LogP contribution in [0.1, 0.15) is 0 Å². The number of pyridine rings is 1. The van der Waals surface area contributed by atoms with Gasteiger partial charge in [0.15, 0.2) is 0 Å². The highest BCUT2D eigenvalue weighted by molar-refractivity contribution is 6.40. The molecule has 1 heterocycles. The molecule has 0 aliphatic rings. The molecule has 0 aliphatic heterocycles. The Morgan fingerprint density at radius 1 is 1.30 bits per heavy atom. The number of aromatic nitrogens is 1. The maximum absolute atomic E-state index is 5.59. The number of nitrogen functional groups attached to an aromatic ring is 2. The van der Waals surface area contributed by atoms with Gasteiger partial charge < -0.3 is 11.5 Å². The van der Waals surface area contributed by atoms with Gasteiger partial charge in [0, 0.05) is 0 Å². The maximum Gasteiger partial charge on any atom is 0.144 e. The molecule has 3 nitrogen and oxygen atoms in total. The Labute approximate surface area is 67.9 Å². The van der Waals surface area contributed by atoms with Gasteiger partial charge in [0.05, 0.1) is 16.9 Å². The summed E-state index contributed by atoms with van der Waals surface area (Å²) >= 11 is 11.1. The van der Waals surface area contributed by atoms with Crippen molar-refractivity contribution < 1.29 is 0 Å². The molecule has 0 amide bonds. The number of hydrogen-bond acceptors (Lipinski definition) is 3. The molecule has 0 spiro atoms. The number of halogens is 2. The Morgan fingerprint density at radius 3 is 2.40 bits per heavy atom. The zero-order valence-corrected chi connectivity index (χ0v) is 6.45. The summed E-state index contributed by atoms with van der Waals surface area (Å²) in [6.07, 6.45) is 1.36. The zero-order valence-electron chi connectivity index (χ0n) is 4.94. The summed E-state index contributed by atoms with van der Waals surface area (Å²) in [7, 11) is 0. The van der Waals surface area contributed by atoms with Crippen molar-refractivity contribution in [3.05, 3.63) is 16.2 Å². The summed E-state index contributed by atoms with van der Waals surface area (Å²) in [6, 6.07) is 0. The predicted octanol–water partition coefficient (Wildman–Crippen LogP) is 1.55. The van der Waals surface area contributed by atoms with Crippen LogP contribution in [-0.4, -0.2) is 4.98 Å². The monoisotopic (exact) mass is 177 g/mol. The van der Waals surface area contributed by atoms with Crippen LogP contribution in [0.15, 0.2) is 6.20 Å². The molecule has 54 valence electrons. The minimum atomic E-state index is 0.198. The topological polar surface area (TPSA) is 64.9 Å². The zero-order chi connectivity index (χ0) is 7.72. The van der Waals surface area contributed by atoms with E-state index in [2.05, 4.69) is 4.98 Å². The molecule has 0 aromatic carbocycles. The van der Waals surface area contributed by atoms with Crippen LogP contribution < -0.4 is 11.5 Å². The predicted molar refractivity (Wildman–Crippen MR) is 43.1 cm³/mol. The summed E-state index contributed by atoms with van der Waals surface area (Å²) in [6.45, 7) is 0. The second kappa shape index (κ2) is 2.52. The molecular weight excluding hydrogens is 173 g/mol. The Bertz CT molecular complexity index is 234. The molecular formula is C5H5Cl2N3. The molecule has 1 aromatic rings. The average Bonchev–Trinajstić information content (AvgIpc) is 1.93. The summed E-state index contributed by atoms with van der Waals surface area (Å²) in [5, 5.41) is 0.534. The molecule has 1 aromatic heterocycles. The summed E-state index contributed by atoms with van der Waals surface area (Å²) < 4.78 is 0. The van der Waals surface area contributed by atoms with Gasteiger partial charge in [0.25, 0.3) is 0 Å². The minimum absolute atomic E-state index is 0.198. The van der Waals surface area contributed by atoms with Gasteiger partial charge in [0.2, 0.25) is 0 Å². The van der Waals surface area contributed by atoms with E-state index in [1.165, 1.54) is 6.20 Å². The van der Waals surface area contributed by atoms with Crippen molar-refractivity contribution in [3.8, 4) is 0 Å². The molecule has 0 atom stereocenters. The minimum Gasteiger partial charge on any atom is -0.396 e. The molecule has 0 unspecified atom stereocenters. The van der Waals surface area contributed by atoms with Crippen LogP contribution in [0, 0.1) is 0 Å². The van der Waals surface area contributed by atoms with Crippen molar-refractivity contribution in [1.29, 1.82) is 0 Å². The van der Waals surface area contributed by atoms with Gasteiger partial charge in [0.1, 0.15) is 10.8 Å². The number of nitrogens with two attached hydrogens (primary N) is 2. The molecule has 0 saturated carbocycles. The largest absolute Gasteiger partial charge is 0.396 e. The Morgan fingerprint density at radius 2 is 1.90 bits per heavy atom. The normalized spacial score (nSPS) is 9.80. The molecule has 0 bridgehead atoms. The lowest BCUT2D eigenvalue weighted by molar-refractivity contribution is 1.34. The van der Waals surface area contributed by atoms with E-state index in [0.717, 1.165) is 0 Å². The van der Waals surface area contributed by atoms with Gasteiger partial charge in [-0.15, -0.1) is 0 Å². The first kappa shape index (κ1) is 7.44. The van der Waals surface area contributed by atoms with Gasteiger partial charge in [-0.05, 0) is 0 Å². The van der Waals surface area contributed by atoms with Crippen LogP contribution in [0.25, 0.3) is 0 Å². The quantitative estimate of drug-likeness (QED) is 0.633. The Balaban J connectivity index is 3.34. The van der Waals surface area contributed by atoms with Crippen molar-refractivity contribution in [3.63, 3.8) is 0 Å². The first-order chi connectivity index (χ1) is 4.63. The third kappa shape index (κ3) is 1.10. The van der Waals surface area contributed by atoms with Gasteiger partial charge in [-0.25, -0.2) is 4.98 Å².